The quantitative estimate of drug-likeness (QED) is 0.813. The molecule has 1 atom stereocenters. The molecule has 1 aromatic rings. The van der Waals surface area contributed by atoms with Crippen LogP contribution in [-0.2, 0) is 0 Å². The fourth-order valence-electron chi connectivity index (χ4n) is 1.45. The number of nitrogens with one attached hydrogen (secondary N) is 1. The zero-order valence-electron chi connectivity index (χ0n) is 9.26. The molecule has 0 saturated carbocycles. The number of hydrogen-bond donors (Lipinski definition) is 2. The van der Waals surface area contributed by atoms with Gasteiger partial charge in [-0.1, -0.05) is 18.5 Å². The Balaban J connectivity index is 2.79. The first-order valence-electron chi connectivity index (χ1n) is 5.19. The van der Waals surface area contributed by atoms with E-state index in [1.165, 1.54) is 0 Å². The average Bonchev–Trinajstić information content (AvgIpc) is 2.22. The van der Waals surface area contributed by atoms with Gasteiger partial charge in [0.2, 0.25) is 0 Å². The minimum Gasteiger partial charge on any atom is -0.379 e. The summed E-state index contributed by atoms with van der Waals surface area (Å²) in [7, 11) is 0. The summed E-state index contributed by atoms with van der Waals surface area (Å²) in [6.45, 7) is 4.95. The van der Waals surface area contributed by atoms with Crippen molar-refractivity contribution in [3.8, 4) is 0 Å². The molecule has 1 rings (SSSR count). The molecule has 1 unspecified atom stereocenters. The Bertz CT molecular complexity index is 316. The van der Waals surface area contributed by atoms with Gasteiger partial charge in [0.15, 0.2) is 0 Å². The van der Waals surface area contributed by atoms with E-state index in [1.807, 2.05) is 6.07 Å². The molecule has 0 fully saturated rings. The summed E-state index contributed by atoms with van der Waals surface area (Å²) in [6, 6.07) is 1.88. The summed E-state index contributed by atoms with van der Waals surface area (Å²) < 4.78 is 0. The first-order chi connectivity index (χ1) is 7.11. The second kappa shape index (κ2) is 5.33. The van der Waals surface area contributed by atoms with E-state index in [2.05, 4.69) is 24.1 Å². The van der Waals surface area contributed by atoms with E-state index in [4.69, 9.17) is 17.3 Å². The van der Waals surface area contributed by atoms with Crippen LogP contribution in [0.4, 0.5) is 5.69 Å². The maximum Gasteiger partial charge on any atom is 0.0820 e. The van der Waals surface area contributed by atoms with Crippen molar-refractivity contribution in [3.63, 3.8) is 0 Å². The fraction of sp³-hybridized carbons (Fsp3) is 0.545. The van der Waals surface area contributed by atoms with Gasteiger partial charge in [-0.2, -0.15) is 0 Å². The maximum absolute atomic E-state index is 6.03. The van der Waals surface area contributed by atoms with Gasteiger partial charge < -0.3 is 11.1 Å². The summed E-state index contributed by atoms with van der Waals surface area (Å²) in [5, 5.41) is 4.07. The van der Waals surface area contributed by atoms with Gasteiger partial charge in [-0.05, 0) is 32.4 Å². The lowest BCUT2D eigenvalue weighted by Gasteiger charge is -2.30. The van der Waals surface area contributed by atoms with Gasteiger partial charge in [0.1, 0.15) is 0 Å². The van der Waals surface area contributed by atoms with Crippen molar-refractivity contribution in [3.05, 3.63) is 23.5 Å². The fourth-order valence-corrected chi connectivity index (χ4v) is 1.61. The van der Waals surface area contributed by atoms with E-state index in [1.54, 1.807) is 12.4 Å². The van der Waals surface area contributed by atoms with E-state index in [0.717, 1.165) is 18.5 Å². The molecule has 0 spiro atoms. The van der Waals surface area contributed by atoms with E-state index in [9.17, 15) is 0 Å². The van der Waals surface area contributed by atoms with Crippen LogP contribution in [0.3, 0.4) is 0 Å². The Hall–Kier alpha value is -0.800. The molecule has 4 heteroatoms. The first kappa shape index (κ1) is 12.3. The van der Waals surface area contributed by atoms with Crippen molar-refractivity contribution in [2.75, 3.05) is 11.9 Å². The summed E-state index contributed by atoms with van der Waals surface area (Å²) in [4.78, 5) is 3.95. The molecule has 3 N–H and O–H groups in total. The van der Waals surface area contributed by atoms with Gasteiger partial charge in [-0.3, -0.25) is 4.98 Å². The molecule has 0 aliphatic carbocycles. The average molecular weight is 228 g/mol. The van der Waals surface area contributed by atoms with Crippen LogP contribution in [0, 0.1) is 0 Å². The lowest BCUT2D eigenvalue weighted by atomic mass is 9.94. The van der Waals surface area contributed by atoms with Crippen LogP contribution >= 0.6 is 11.6 Å². The van der Waals surface area contributed by atoms with Gasteiger partial charge in [-0.25, -0.2) is 0 Å². The van der Waals surface area contributed by atoms with Crippen molar-refractivity contribution in [1.29, 1.82) is 0 Å². The van der Waals surface area contributed by atoms with Crippen molar-refractivity contribution in [2.45, 2.75) is 32.2 Å². The third-order valence-corrected chi connectivity index (χ3v) is 2.99. The molecule has 1 heterocycles. The van der Waals surface area contributed by atoms with Crippen LogP contribution in [-0.4, -0.2) is 17.1 Å². The van der Waals surface area contributed by atoms with Gasteiger partial charge in [0.05, 0.1) is 10.7 Å². The number of anilines is 1. The standard InChI is InChI=1S/C11H18ClN3/c1-3-11(2,5-6-13)15-10-4-7-14-8-9(10)12/h4,7-8H,3,5-6,13H2,1-2H3,(H,14,15). The number of aromatic nitrogens is 1. The molecule has 1 aromatic heterocycles. The maximum atomic E-state index is 6.03. The predicted molar refractivity (Wildman–Crippen MR) is 65.2 cm³/mol. The second-order valence-electron chi connectivity index (χ2n) is 3.93. The highest BCUT2D eigenvalue weighted by molar-refractivity contribution is 6.33. The number of pyridine rings is 1. The van der Waals surface area contributed by atoms with Gasteiger partial charge in [0.25, 0.3) is 0 Å². The van der Waals surface area contributed by atoms with Crippen molar-refractivity contribution >= 4 is 17.3 Å². The van der Waals surface area contributed by atoms with Crippen molar-refractivity contribution in [1.82, 2.24) is 4.98 Å². The SMILES string of the molecule is CCC(C)(CCN)Nc1ccncc1Cl. The lowest BCUT2D eigenvalue weighted by molar-refractivity contribution is 0.463. The Morgan fingerprint density at radius 3 is 2.87 bits per heavy atom. The highest BCUT2D eigenvalue weighted by Gasteiger charge is 2.21. The molecule has 0 saturated heterocycles. The third-order valence-electron chi connectivity index (χ3n) is 2.69. The number of rotatable bonds is 5. The van der Waals surface area contributed by atoms with Crippen LogP contribution < -0.4 is 11.1 Å². The summed E-state index contributed by atoms with van der Waals surface area (Å²) in [5.74, 6) is 0. The monoisotopic (exact) mass is 227 g/mol. The van der Waals surface area contributed by atoms with Crippen LogP contribution in [0.25, 0.3) is 0 Å². The zero-order chi connectivity index (χ0) is 11.3. The van der Waals surface area contributed by atoms with Gasteiger partial charge in [-0.15, -0.1) is 0 Å². The van der Waals surface area contributed by atoms with Crippen LogP contribution in [0.1, 0.15) is 26.7 Å². The topological polar surface area (TPSA) is 50.9 Å². The Morgan fingerprint density at radius 2 is 2.33 bits per heavy atom. The minimum atomic E-state index is -0.000255. The molecule has 84 valence electrons. The highest BCUT2D eigenvalue weighted by Crippen LogP contribution is 2.26. The molecule has 3 nitrogen and oxygen atoms in total. The number of hydrogen-bond acceptors (Lipinski definition) is 3. The number of nitrogens with two attached hydrogens (primary N) is 1. The summed E-state index contributed by atoms with van der Waals surface area (Å²) in [6.07, 6.45) is 5.29. The van der Waals surface area contributed by atoms with E-state index in [-0.39, 0.29) is 5.54 Å². The zero-order valence-corrected chi connectivity index (χ0v) is 10.0. The van der Waals surface area contributed by atoms with Crippen LogP contribution in [0.2, 0.25) is 5.02 Å². The van der Waals surface area contributed by atoms with Crippen LogP contribution in [0.5, 0.6) is 0 Å². The first-order valence-corrected chi connectivity index (χ1v) is 5.57. The predicted octanol–water partition coefficient (Wildman–Crippen LogP) is 2.66. The molecule has 0 radical (unpaired) electrons. The van der Waals surface area contributed by atoms with Crippen molar-refractivity contribution in [2.24, 2.45) is 5.73 Å². The molecule has 0 aliphatic heterocycles. The highest BCUT2D eigenvalue weighted by atomic mass is 35.5. The van der Waals surface area contributed by atoms with E-state index < -0.39 is 0 Å². The third kappa shape index (κ3) is 3.36. The molecule has 0 bridgehead atoms. The number of halogens is 1. The van der Waals surface area contributed by atoms with Gasteiger partial charge >= 0.3 is 0 Å². The Labute approximate surface area is 96.0 Å². The van der Waals surface area contributed by atoms with E-state index in [0.29, 0.717) is 11.6 Å². The van der Waals surface area contributed by atoms with Crippen LogP contribution in [0.15, 0.2) is 18.5 Å². The summed E-state index contributed by atoms with van der Waals surface area (Å²) in [5.41, 5.74) is 6.52. The Kier molecular flexibility index (Phi) is 4.36. The van der Waals surface area contributed by atoms with E-state index >= 15 is 0 Å². The number of nitrogens with zero attached hydrogens (tertiary/aromatic N) is 1. The molecular weight excluding hydrogens is 210 g/mol. The molecule has 0 aromatic carbocycles. The Morgan fingerprint density at radius 1 is 1.60 bits per heavy atom. The molecule has 0 amide bonds. The normalized spacial score (nSPS) is 14.7. The smallest absolute Gasteiger partial charge is 0.0820 e. The molecule has 15 heavy (non-hydrogen) atoms. The minimum absolute atomic E-state index is 0.000255. The largest absolute Gasteiger partial charge is 0.379 e. The lowest BCUT2D eigenvalue weighted by Crippen LogP contribution is -2.36. The summed E-state index contributed by atoms with van der Waals surface area (Å²) >= 11 is 6.03. The molecule has 0 aliphatic rings. The van der Waals surface area contributed by atoms with Crippen molar-refractivity contribution < 1.29 is 0 Å². The van der Waals surface area contributed by atoms with Gasteiger partial charge in [0, 0.05) is 17.9 Å². The molecular formula is C11H18ClN3. The second-order valence-corrected chi connectivity index (χ2v) is 4.34.